The second-order valence-corrected chi connectivity index (χ2v) is 6.91. The fourth-order valence-electron chi connectivity index (χ4n) is 4.32. The molecular weight excluding hydrogens is 296 g/mol. The molecule has 4 rings (SSSR count). The van der Waals surface area contributed by atoms with E-state index >= 15 is 0 Å². The van der Waals surface area contributed by atoms with E-state index in [0.29, 0.717) is 43.9 Å². The molecule has 3 aliphatic rings. The van der Waals surface area contributed by atoms with Crippen LogP contribution in [0, 0.1) is 17.8 Å². The zero-order valence-electron chi connectivity index (χ0n) is 13.1. The Labute approximate surface area is 134 Å². The van der Waals surface area contributed by atoms with Crippen molar-refractivity contribution in [1.29, 1.82) is 0 Å². The van der Waals surface area contributed by atoms with Gasteiger partial charge in [0.2, 0.25) is 5.91 Å². The highest BCUT2D eigenvalue weighted by Gasteiger charge is 2.55. The fourth-order valence-corrected chi connectivity index (χ4v) is 4.32. The molecular formula is C16H22N4O3. The summed E-state index contributed by atoms with van der Waals surface area (Å²) in [7, 11) is 0. The number of carbonyl (C=O) groups excluding carboxylic acids is 2. The molecule has 2 aliphatic carbocycles. The summed E-state index contributed by atoms with van der Waals surface area (Å²) in [6, 6.07) is 0. The molecule has 7 heteroatoms. The zero-order valence-corrected chi connectivity index (χ0v) is 13.1. The summed E-state index contributed by atoms with van der Waals surface area (Å²) >= 11 is 0. The molecule has 1 saturated heterocycles. The van der Waals surface area contributed by atoms with Crippen LogP contribution >= 0.6 is 0 Å². The Hall–Kier alpha value is -2.05. The summed E-state index contributed by atoms with van der Waals surface area (Å²) in [4.78, 5) is 44.6. The van der Waals surface area contributed by atoms with Crippen molar-refractivity contribution < 1.29 is 9.59 Å². The summed E-state index contributed by atoms with van der Waals surface area (Å²) in [5.74, 6) is 1.61. The van der Waals surface area contributed by atoms with Gasteiger partial charge < -0.3 is 19.8 Å². The lowest BCUT2D eigenvalue weighted by molar-refractivity contribution is -0.134. The first-order valence-corrected chi connectivity index (χ1v) is 8.51. The first kappa shape index (κ1) is 14.5. The molecule has 0 aromatic carbocycles. The number of H-pyrrole nitrogens is 2. The lowest BCUT2D eigenvalue weighted by atomic mass is 10.0. The lowest BCUT2D eigenvalue weighted by Crippen LogP contribution is -2.51. The van der Waals surface area contributed by atoms with Crippen LogP contribution in [-0.4, -0.2) is 57.8 Å². The minimum absolute atomic E-state index is 0.185. The van der Waals surface area contributed by atoms with E-state index in [2.05, 4.69) is 9.97 Å². The highest BCUT2D eigenvalue weighted by Crippen LogP contribution is 2.56. The van der Waals surface area contributed by atoms with Crippen molar-refractivity contribution in [2.24, 2.45) is 17.8 Å². The number of amides is 2. The second-order valence-electron chi connectivity index (χ2n) is 6.91. The normalized spacial score (nSPS) is 30.0. The van der Waals surface area contributed by atoms with E-state index in [1.165, 1.54) is 31.9 Å². The van der Waals surface area contributed by atoms with Gasteiger partial charge in [-0.25, -0.2) is 4.79 Å². The third-order valence-electron chi connectivity index (χ3n) is 5.65. The minimum Gasteiger partial charge on any atom is -0.339 e. The quantitative estimate of drug-likeness (QED) is 0.828. The Kier molecular flexibility index (Phi) is 3.50. The molecule has 2 N–H and O–H groups in total. The number of hydrogen-bond donors (Lipinski definition) is 2. The van der Waals surface area contributed by atoms with E-state index in [4.69, 9.17) is 0 Å². The molecule has 0 bridgehead atoms. The number of carbonyl (C=O) groups is 2. The van der Waals surface area contributed by atoms with Gasteiger partial charge in [-0.2, -0.15) is 0 Å². The van der Waals surface area contributed by atoms with E-state index in [1.54, 1.807) is 4.90 Å². The maximum Gasteiger partial charge on any atom is 0.323 e. The molecule has 3 atom stereocenters. The molecule has 1 aliphatic heterocycles. The van der Waals surface area contributed by atoms with Crippen molar-refractivity contribution in [2.45, 2.75) is 25.7 Å². The van der Waals surface area contributed by atoms with Crippen LogP contribution in [0.1, 0.15) is 36.2 Å². The number of imidazole rings is 1. The van der Waals surface area contributed by atoms with Gasteiger partial charge in [0.15, 0.2) is 0 Å². The first-order chi connectivity index (χ1) is 11.1. The molecule has 1 aromatic rings. The van der Waals surface area contributed by atoms with E-state index < -0.39 is 0 Å². The summed E-state index contributed by atoms with van der Waals surface area (Å²) in [5.41, 5.74) is -0.0958. The van der Waals surface area contributed by atoms with Crippen LogP contribution < -0.4 is 5.69 Å². The predicted molar refractivity (Wildman–Crippen MR) is 82.8 cm³/mol. The third-order valence-corrected chi connectivity index (χ3v) is 5.65. The predicted octanol–water partition coefficient (Wildman–Crippen LogP) is 0.424. The minimum atomic E-state index is -0.376. The maximum absolute atomic E-state index is 12.6. The Morgan fingerprint density at radius 1 is 1.00 bits per heavy atom. The average Bonchev–Trinajstić information content (AvgIpc) is 3.16. The molecule has 1 unspecified atom stereocenters. The first-order valence-electron chi connectivity index (χ1n) is 8.51. The van der Waals surface area contributed by atoms with Crippen LogP contribution in [0.2, 0.25) is 0 Å². The Morgan fingerprint density at radius 3 is 2.17 bits per heavy atom. The van der Waals surface area contributed by atoms with Crippen molar-refractivity contribution in [3.05, 3.63) is 22.4 Å². The summed E-state index contributed by atoms with van der Waals surface area (Å²) in [6.45, 7) is 2.24. The van der Waals surface area contributed by atoms with E-state index in [0.717, 1.165) is 0 Å². The molecule has 0 radical (unpaired) electrons. The van der Waals surface area contributed by atoms with Crippen molar-refractivity contribution >= 4 is 11.8 Å². The number of aromatic nitrogens is 2. The van der Waals surface area contributed by atoms with Crippen LogP contribution in [0.4, 0.5) is 0 Å². The largest absolute Gasteiger partial charge is 0.339 e. The molecule has 7 nitrogen and oxygen atoms in total. The molecule has 1 aromatic heterocycles. The highest BCUT2D eigenvalue weighted by molar-refractivity contribution is 5.92. The highest BCUT2D eigenvalue weighted by atomic mass is 16.2. The van der Waals surface area contributed by atoms with Crippen LogP contribution in [0.5, 0.6) is 0 Å². The van der Waals surface area contributed by atoms with Gasteiger partial charge in [-0.15, -0.1) is 0 Å². The van der Waals surface area contributed by atoms with Gasteiger partial charge in [-0.05, 0) is 24.7 Å². The number of fused-ring (bicyclic) bond motifs is 1. The topological polar surface area (TPSA) is 89.3 Å². The maximum atomic E-state index is 12.6. The van der Waals surface area contributed by atoms with E-state index in [9.17, 15) is 14.4 Å². The Morgan fingerprint density at radius 2 is 1.61 bits per heavy atom. The van der Waals surface area contributed by atoms with Gasteiger partial charge in [0.05, 0.1) is 0 Å². The van der Waals surface area contributed by atoms with Crippen LogP contribution in [-0.2, 0) is 4.79 Å². The van der Waals surface area contributed by atoms with Crippen molar-refractivity contribution in [3.63, 3.8) is 0 Å². The van der Waals surface area contributed by atoms with Crippen molar-refractivity contribution in [3.8, 4) is 0 Å². The van der Waals surface area contributed by atoms with Gasteiger partial charge >= 0.3 is 5.69 Å². The number of nitrogens with one attached hydrogen (secondary N) is 2. The standard InChI is InChI=1S/C16H22N4O3/c21-14(12-9-17-16(23)18-12)19-5-7-20(8-6-19)15(22)13-10-3-1-2-4-11(10)13/h9-11,13H,1-8H2,(H2,17,18,23)/t10-,11+,13?. The molecule has 2 amide bonds. The van der Waals surface area contributed by atoms with E-state index in [-0.39, 0.29) is 23.2 Å². The molecule has 0 spiro atoms. The second kappa shape index (κ2) is 5.54. The molecule has 2 heterocycles. The van der Waals surface area contributed by atoms with Crippen LogP contribution in [0.15, 0.2) is 11.0 Å². The summed E-state index contributed by atoms with van der Waals surface area (Å²) in [6.07, 6.45) is 6.35. The number of piperazine rings is 1. The number of hydrogen-bond acceptors (Lipinski definition) is 3. The smallest absolute Gasteiger partial charge is 0.323 e. The Balaban J connectivity index is 1.33. The molecule has 124 valence electrons. The van der Waals surface area contributed by atoms with Crippen molar-refractivity contribution in [2.75, 3.05) is 26.2 Å². The fraction of sp³-hybridized carbons (Fsp3) is 0.688. The van der Waals surface area contributed by atoms with Crippen LogP contribution in [0.3, 0.4) is 0 Å². The van der Waals surface area contributed by atoms with Gasteiger partial charge in [0, 0.05) is 38.3 Å². The molecule has 2 saturated carbocycles. The number of aromatic amines is 2. The monoisotopic (exact) mass is 318 g/mol. The third kappa shape index (κ3) is 2.58. The molecule has 3 fully saturated rings. The van der Waals surface area contributed by atoms with Gasteiger partial charge in [-0.1, -0.05) is 12.8 Å². The number of rotatable bonds is 2. The summed E-state index contributed by atoms with van der Waals surface area (Å²) in [5, 5.41) is 0. The van der Waals surface area contributed by atoms with Gasteiger partial charge in [0.1, 0.15) is 5.69 Å². The average molecular weight is 318 g/mol. The molecule has 23 heavy (non-hydrogen) atoms. The van der Waals surface area contributed by atoms with E-state index in [1.807, 2.05) is 4.90 Å². The summed E-state index contributed by atoms with van der Waals surface area (Å²) < 4.78 is 0. The van der Waals surface area contributed by atoms with Gasteiger partial charge in [-0.3, -0.25) is 9.59 Å². The van der Waals surface area contributed by atoms with Crippen LogP contribution in [0.25, 0.3) is 0 Å². The zero-order chi connectivity index (χ0) is 16.0. The SMILES string of the molecule is O=C(c1c[nH]c(=O)[nH]1)N1CCN(C(=O)C2[C@H]3CCCC[C@@H]23)CC1. The number of nitrogens with zero attached hydrogens (tertiary/aromatic N) is 2. The van der Waals surface area contributed by atoms with Gasteiger partial charge in [0.25, 0.3) is 5.91 Å². The lowest BCUT2D eigenvalue weighted by Gasteiger charge is -2.34. The van der Waals surface area contributed by atoms with Crippen molar-refractivity contribution in [1.82, 2.24) is 19.8 Å². The Bertz CT molecular complexity index is 659.